The predicted octanol–water partition coefficient (Wildman–Crippen LogP) is 4.76. The molecule has 1 fully saturated rings. The van der Waals surface area contributed by atoms with Gasteiger partial charge in [0.05, 0.1) is 28.8 Å². The number of halogens is 1. The molecule has 3 heterocycles. The Kier molecular flexibility index (Phi) is 5.92. The van der Waals surface area contributed by atoms with Crippen molar-refractivity contribution in [3.63, 3.8) is 0 Å². The van der Waals surface area contributed by atoms with Gasteiger partial charge >= 0.3 is 0 Å². The summed E-state index contributed by atoms with van der Waals surface area (Å²) in [5.74, 6) is 1.16. The lowest BCUT2D eigenvalue weighted by atomic mass is 9.96. The van der Waals surface area contributed by atoms with Crippen molar-refractivity contribution >= 4 is 34.3 Å². The van der Waals surface area contributed by atoms with Crippen LogP contribution in [0.3, 0.4) is 0 Å². The first-order valence-corrected chi connectivity index (χ1v) is 11.3. The van der Waals surface area contributed by atoms with Gasteiger partial charge < -0.3 is 9.26 Å². The summed E-state index contributed by atoms with van der Waals surface area (Å²) in [7, 11) is 0. The fourth-order valence-corrected chi connectivity index (χ4v) is 4.45. The molecule has 160 valence electrons. The average Bonchev–Trinajstić information content (AvgIpc) is 3.36. The first kappa shape index (κ1) is 21.3. The number of fused-ring (bicyclic) bond motifs is 1. The predicted molar refractivity (Wildman–Crippen MR) is 117 cm³/mol. The van der Waals surface area contributed by atoms with Gasteiger partial charge in [-0.1, -0.05) is 49.3 Å². The van der Waals surface area contributed by atoms with Gasteiger partial charge in [0.25, 0.3) is 5.56 Å². The van der Waals surface area contributed by atoms with Gasteiger partial charge in [-0.25, -0.2) is 4.98 Å². The molecular formula is C21H25ClN4O3S. The second-order valence-corrected chi connectivity index (χ2v) is 10.3. The van der Waals surface area contributed by atoms with Crippen LogP contribution >= 0.6 is 23.4 Å². The maximum absolute atomic E-state index is 13.3. The van der Waals surface area contributed by atoms with E-state index in [0.717, 1.165) is 19.4 Å². The van der Waals surface area contributed by atoms with Crippen LogP contribution in [0.15, 0.2) is 32.7 Å². The molecular weight excluding hydrogens is 424 g/mol. The summed E-state index contributed by atoms with van der Waals surface area (Å²) < 4.78 is 13.0. The zero-order valence-corrected chi connectivity index (χ0v) is 19.1. The summed E-state index contributed by atoms with van der Waals surface area (Å²) in [6.45, 7) is 9.27. The Morgan fingerprint density at radius 3 is 2.80 bits per heavy atom. The topological polar surface area (TPSA) is 83.0 Å². The second kappa shape index (κ2) is 8.32. The van der Waals surface area contributed by atoms with Crippen LogP contribution in [0.4, 0.5) is 0 Å². The number of rotatable bonds is 5. The summed E-state index contributed by atoms with van der Waals surface area (Å²) in [6, 6.07) is 5.16. The van der Waals surface area contributed by atoms with Gasteiger partial charge in [0.1, 0.15) is 0 Å². The number of thioether (sulfide) groups is 1. The summed E-state index contributed by atoms with van der Waals surface area (Å²) in [5, 5.41) is 5.61. The van der Waals surface area contributed by atoms with E-state index >= 15 is 0 Å². The standard InChI is InChI=1S/C21H25ClN4O3S/c1-12(17-24-19(25-29-17)21(2,3)4)30-20-23-16-10-13(22)7-8-15(16)18(27)26(20)11-14-6-5-9-28-14/h7-8,10,12,14H,5-6,9,11H2,1-4H3/t12-,14-/m1/s1. The smallest absolute Gasteiger partial charge is 0.262 e. The average molecular weight is 449 g/mol. The molecule has 1 aliphatic rings. The summed E-state index contributed by atoms with van der Waals surface area (Å²) in [4.78, 5) is 22.6. The summed E-state index contributed by atoms with van der Waals surface area (Å²) in [5.41, 5.74) is 0.279. The maximum Gasteiger partial charge on any atom is 0.262 e. The van der Waals surface area contributed by atoms with Crippen LogP contribution in [-0.2, 0) is 16.7 Å². The van der Waals surface area contributed by atoms with E-state index in [0.29, 0.717) is 39.3 Å². The zero-order chi connectivity index (χ0) is 21.5. The molecule has 3 aromatic rings. The minimum absolute atomic E-state index is 0.0137. The van der Waals surface area contributed by atoms with Crippen molar-refractivity contribution in [2.75, 3.05) is 6.61 Å². The molecule has 0 spiro atoms. The maximum atomic E-state index is 13.3. The molecule has 0 unspecified atom stereocenters. The molecule has 0 radical (unpaired) electrons. The highest BCUT2D eigenvalue weighted by atomic mass is 35.5. The third-order valence-corrected chi connectivity index (χ3v) is 6.35. The van der Waals surface area contributed by atoms with E-state index in [-0.39, 0.29) is 22.3 Å². The van der Waals surface area contributed by atoms with Crippen LogP contribution in [0.2, 0.25) is 5.02 Å². The van der Waals surface area contributed by atoms with Crippen LogP contribution in [0.1, 0.15) is 57.5 Å². The van der Waals surface area contributed by atoms with Gasteiger partial charge in [-0.05, 0) is 38.0 Å². The summed E-state index contributed by atoms with van der Waals surface area (Å²) in [6.07, 6.45) is 1.95. The first-order valence-electron chi connectivity index (χ1n) is 10.0. The molecule has 2 atom stereocenters. The highest BCUT2D eigenvalue weighted by Crippen LogP contribution is 2.34. The largest absolute Gasteiger partial charge is 0.376 e. The Morgan fingerprint density at radius 2 is 2.13 bits per heavy atom. The fraction of sp³-hybridized carbons (Fsp3) is 0.524. The monoisotopic (exact) mass is 448 g/mol. The van der Waals surface area contributed by atoms with Crippen molar-refractivity contribution in [1.82, 2.24) is 19.7 Å². The van der Waals surface area contributed by atoms with E-state index < -0.39 is 0 Å². The molecule has 2 aromatic heterocycles. The molecule has 1 saturated heterocycles. The number of hydrogen-bond acceptors (Lipinski definition) is 7. The van der Waals surface area contributed by atoms with Crippen LogP contribution in [0.5, 0.6) is 0 Å². The third-order valence-electron chi connectivity index (χ3n) is 5.04. The Bertz CT molecular complexity index is 1120. The molecule has 0 saturated carbocycles. The van der Waals surface area contributed by atoms with Crippen LogP contribution in [-0.4, -0.2) is 32.4 Å². The zero-order valence-electron chi connectivity index (χ0n) is 17.5. The van der Waals surface area contributed by atoms with Gasteiger partial charge in [-0.2, -0.15) is 4.98 Å². The molecule has 1 aromatic carbocycles. The lowest BCUT2D eigenvalue weighted by Gasteiger charge is -2.17. The highest BCUT2D eigenvalue weighted by Gasteiger charge is 2.26. The van der Waals surface area contributed by atoms with Crippen LogP contribution in [0, 0.1) is 0 Å². The quantitative estimate of drug-likeness (QED) is 0.411. The third kappa shape index (κ3) is 4.40. The van der Waals surface area contributed by atoms with Crippen molar-refractivity contribution in [3.05, 3.63) is 45.3 Å². The van der Waals surface area contributed by atoms with Crippen molar-refractivity contribution in [1.29, 1.82) is 0 Å². The van der Waals surface area contributed by atoms with Crippen molar-refractivity contribution < 1.29 is 9.26 Å². The highest BCUT2D eigenvalue weighted by molar-refractivity contribution is 7.99. The van der Waals surface area contributed by atoms with Gasteiger partial charge in [-0.3, -0.25) is 9.36 Å². The molecule has 4 rings (SSSR count). The minimum atomic E-state index is -0.202. The Balaban J connectivity index is 1.72. The fourth-order valence-electron chi connectivity index (χ4n) is 3.33. The number of nitrogens with zero attached hydrogens (tertiary/aromatic N) is 4. The number of benzene rings is 1. The van der Waals surface area contributed by atoms with Crippen molar-refractivity contribution in [3.8, 4) is 0 Å². The molecule has 9 heteroatoms. The minimum Gasteiger partial charge on any atom is -0.376 e. The lowest BCUT2D eigenvalue weighted by molar-refractivity contribution is 0.0937. The van der Waals surface area contributed by atoms with E-state index in [1.54, 1.807) is 22.8 Å². The molecule has 7 nitrogen and oxygen atoms in total. The van der Waals surface area contributed by atoms with Crippen molar-refractivity contribution in [2.45, 2.75) is 69.0 Å². The normalized spacial score (nSPS) is 18.2. The Hall–Kier alpha value is -1.90. The molecule has 0 aliphatic carbocycles. The molecule has 30 heavy (non-hydrogen) atoms. The van der Waals surface area contributed by atoms with E-state index in [4.69, 9.17) is 25.8 Å². The van der Waals surface area contributed by atoms with Gasteiger partial charge in [0.2, 0.25) is 5.89 Å². The number of hydrogen-bond donors (Lipinski definition) is 0. The first-order chi connectivity index (χ1) is 14.2. The Morgan fingerprint density at radius 1 is 1.33 bits per heavy atom. The summed E-state index contributed by atoms with van der Waals surface area (Å²) >= 11 is 7.56. The lowest BCUT2D eigenvalue weighted by Crippen LogP contribution is -2.29. The Labute approximate surface area is 184 Å². The van der Waals surface area contributed by atoms with Gasteiger partial charge in [-0.15, -0.1) is 0 Å². The molecule has 0 bridgehead atoms. The van der Waals surface area contributed by atoms with E-state index in [9.17, 15) is 4.79 Å². The molecule has 1 aliphatic heterocycles. The number of aromatic nitrogens is 4. The van der Waals surface area contributed by atoms with Gasteiger partial charge in [0, 0.05) is 17.0 Å². The van der Waals surface area contributed by atoms with E-state index in [2.05, 4.69) is 10.1 Å². The molecule has 0 N–H and O–H groups in total. The van der Waals surface area contributed by atoms with Gasteiger partial charge in [0.15, 0.2) is 11.0 Å². The van der Waals surface area contributed by atoms with Crippen molar-refractivity contribution in [2.24, 2.45) is 0 Å². The van der Waals surface area contributed by atoms with E-state index in [1.807, 2.05) is 27.7 Å². The molecule has 0 amide bonds. The number of ether oxygens (including phenoxy) is 1. The van der Waals surface area contributed by atoms with E-state index in [1.165, 1.54) is 11.8 Å². The second-order valence-electron chi connectivity index (χ2n) is 8.57. The SMILES string of the molecule is C[C@@H](Sc1nc2cc(Cl)ccc2c(=O)n1C[C@H]1CCCO1)c1nc(C(C)(C)C)no1. The van der Waals surface area contributed by atoms with Crippen LogP contribution in [0.25, 0.3) is 10.9 Å². The van der Waals surface area contributed by atoms with Crippen LogP contribution < -0.4 is 5.56 Å².